The molecule has 2 heterocycles. The molecule has 1 N–H and O–H groups in total. The molecule has 0 aromatic carbocycles. The van der Waals surface area contributed by atoms with E-state index in [2.05, 4.69) is 10.2 Å². The molecule has 0 unspecified atom stereocenters. The minimum absolute atomic E-state index is 0.0922. The number of hydrogen-bond donors (Lipinski definition) is 1. The molecule has 4 aliphatic rings. The smallest absolute Gasteiger partial charge is 0.222 e. The SMILES string of the molecule is O=C(CC1(N2CCOCC2)CCCC1)N[C@@H]1CCO[C@H](C2CC2)C1. The summed E-state index contributed by atoms with van der Waals surface area (Å²) < 4.78 is 11.4. The van der Waals surface area contributed by atoms with Crippen LogP contribution in [0.4, 0.5) is 0 Å². The highest BCUT2D eigenvalue weighted by Crippen LogP contribution is 2.40. The second-order valence-electron chi connectivity index (χ2n) is 8.24. The lowest BCUT2D eigenvalue weighted by atomic mass is 9.89. The molecule has 4 rings (SSSR count). The largest absolute Gasteiger partial charge is 0.379 e. The maximum absolute atomic E-state index is 12.8. The Kier molecular flexibility index (Phi) is 5.11. The van der Waals surface area contributed by atoms with E-state index in [1.165, 1.54) is 38.5 Å². The van der Waals surface area contributed by atoms with Crippen molar-refractivity contribution in [2.24, 2.45) is 5.92 Å². The van der Waals surface area contributed by atoms with Crippen LogP contribution in [0.25, 0.3) is 0 Å². The molecule has 0 aromatic rings. The molecule has 4 fully saturated rings. The fourth-order valence-electron chi connectivity index (χ4n) is 5.01. The molecule has 0 aromatic heterocycles. The predicted molar refractivity (Wildman–Crippen MR) is 91.8 cm³/mol. The van der Waals surface area contributed by atoms with E-state index in [0.29, 0.717) is 18.6 Å². The van der Waals surface area contributed by atoms with E-state index < -0.39 is 0 Å². The molecular weight excluding hydrogens is 304 g/mol. The van der Waals surface area contributed by atoms with Gasteiger partial charge < -0.3 is 14.8 Å². The summed E-state index contributed by atoms with van der Waals surface area (Å²) in [6.45, 7) is 4.39. The third-order valence-electron chi connectivity index (χ3n) is 6.53. The second kappa shape index (κ2) is 7.30. The summed E-state index contributed by atoms with van der Waals surface area (Å²) in [5, 5.41) is 3.35. The zero-order chi connectivity index (χ0) is 16.4. The average molecular weight is 336 g/mol. The van der Waals surface area contributed by atoms with Gasteiger partial charge in [0, 0.05) is 37.7 Å². The molecule has 5 heteroatoms. The first-order valence-corrected chi connectivity index (χ1v) is 9.99. The van der Waals surface area contributed by atoms with Crippen molar-refractivity contribution < 1.29 is 14.3 Å². The van der Waals surface area contributed by atoms with Crippen LogP contribution >= 0.6 is 0 Å². The van der Waals surface area contributed by atoms with Crippen LogP contribution in [-0.4, -0.2) is 61.4 Å². The maximum Gasteiger partial charge on any atom is 0.222 e. The van der Waals surface area contributed by atoms with Crippen LogP contribution in [0.5, 0.6) is 0 Å². The van der Waals surface area contributed by atoms with Gasteiger partial charge in [-0.2, -0.15) is 0 Å². The van der Waals surface area contributed by atoms with Crippen LogP contribution in [0.2, 0.25) is 0 Å². The molecule has 2 saturated heterocycles. The molecule has 0 radical (unpaired) electrons. The third kappa shape index (κ3) is 3.78. The molecule has 1 amide bonds. The molecule has 0 bridgehead atoms. The predicted octanol–water partition coefficient (Wildman–Crippen LogP) is 2.10. The molecule has 2 aliphatic carbocycles. The van der Waals surface area contributed by atoms with Crippen LogP contribution in [0.15, 0.2) is 0 Å². The third-order valence-corrected chi connectivity index (χ3v) is 6.53. The zero-order valence-corrected chi connectivity index (χ0v) is 14.8. The van der Waals surface area contributed by atoms with Crippen molar-refractivity contribution in [3.63, 3.8) is 0 Å². The van der Waals surface area contributed by atoms with E-state index in [1.807, 2.05) is 0 Å². The zero-order valence-electron chi connectivity index (χ0n) is 14.8. The van der Waals surface area contributed by atoms with Crippen LogP contribution < -0.4 is 5.32 Å². The number of ether oxygens (including phenoxy) is 2. The number of nitrogens with one attached hydrogen (secondary N) is 1. The van der Waals surface area contributed by atoms with Crippen molar-refractivity contribution in [1.82, 2.24) is 10.2 Å². The summed E-state index contributed by atoms with van der Waals surface area (Å²) in [7, 11) is 0. The van der Waals surface area contributed by atoms with Crippen molar-refractivity contribution >= 4 is 5.91 Å². The van der Waals surface area contributed by atoms with Gasteiger partial charge in [0.05, 0.1) is 19.3 Å². The Hall–Kier alpha value is -0.650. The first-order chi connectivity index (χ1) is 11.8. The number of morpholine rings is 1. The second-order valence-corrected chi connectivity index (χ2v) is 8.24. The number of carbonyl (C=O) groups excluding carboxylic acids is 1. The molecule has 0 spiro atoms. The normalized spacial score (nSPS) is 34.2. The number of carbonyl (C=O) groups is 1. The Bertz CT molecular complexity index is 440. The number of hydrogen-bond acceptors (Lipinski definition) is 4. The average Bonchev–Trinajstić information content (AvgIpc) is 3.36. The van der Waals surface area contributed by atoms with Crippen molar-refractivity contribution in [2.75, 3.05) is 32.9 Å². The van der Waals surface area contributed by atoms with Crippen molar-refractivity contribution in [3.8, 4) is 0 Å². The van der Waals surface area contributed by atoms with E-state index in [4.69, 9.17) is 9.47 Å². The summed E-state index contributed by atoms with van der Waals surface area (Å²) in [5.74, 6) is 1.02. The molecule has 24 heavy (non-hydrogen) atoms. The summed E-state index contributed by atoms with van der Waals surface area (Å²) in [5.41, 5.74) is 0.0922. The summed E-state index contributed by atoms with van der Waals surface area (Å²) in [4.78, 5) is 15.3. The lowest BCUT2D eigenvalue weighted by molar-refractivity contribution is -0.127. The highest BCUT2D eigenvalue weighted by Gasteiger charge is 2.42. The fourth-order valence-corrected chi connectivity index (χ4v) is 5.01. The Morgan fingerprint density at radius 3 is 2.54 bits per heavy atom. The standard InChI is InChI=1S/C19H32N2O3/c22-18(20-16-5-10-24-17(13-16)15-3-4-15)14-19(6-1-2-7-19)21-8-11-23-12-9-21/h15-17H,1-14H2,(H,20,22)/t16-,17+/m1/s1. The van der Waals surface area contributed by atoms with Gasteiger partial charge in [0.15, 0.2) is 0 Å². The van der Waals surface area contributed by atoms with E-state index in [0.717, 1.165) is 51.7 Å². The first-order valence-electron chi connectivity index (χ1n) is 9.99. The lowest BCUT2D eigenvalue weighted by Gasteiger charge is -2.43. The molecule has 136 valence electrons. The van der Waals surface area contributed by atoms with E-state index >= 15 is 0 Å². The van der Waals surface area contributed by atoms with Crippen molar-refractivity contribution in [3.05, 3.63) is 0 Å². The highest BCUT2D eigenvalue weighted by molar-refractivity contribution is 5.77. The quantitative estimate of drug-likeness (QED) is 0.835. The Labute approximate surface area is 145 Å². The summed E-state index contributed by atoms with van der Waals surface area (Å²) in [6, 6.07) is 0.319. The minimum Gasteiger partial charge on any atom is -0.379 e. The van der Waals surface area contributed by atoms with Gasteiger partial charge in [0.25, 0.3) is 0 Å². The van der Waals surface area contributed by atoms with Crippen molar-refractivity contribution in [1.29, 1.82) is 0 Å². The lowest BCUT2D eigenvalue weighted by Crippen LogP contribution is -2.54. The Morgan fingerprint density at radius 2 is 1.83 bits per heavy atom. The topological polar surface area (TPSA) is 50.8 Å². The Morgan fingerprint density at radius 1 is 1.08 bits per heavy atom. The van der Waals surface area contributed by atoms with Gasteiger partial charge in [-0.25, -0.2) is 0 Å². The highest BCUT2D eigenvalue weighted by atomic mass is 16.5. The Balaban J connectivity index is 1.33. The maximum atomic E-state index is 12.8. The van der Waals surface area contributed by atoms with Gasteiger partial charge in [-0.1, -0.05) is 12.8 Å². The van der Waals surface area contributed by atoms with Gasteiger partial charge in [0.2, 0.25) is 5.91 Å². The van der Waals surface area contributed by atoms with Gasteiger partial charge in [-0.15, -0.1) is 0 Å². The number of amides is 1. The van der Waals surface area contributed by atoms with E-state index in [9.17, 15) is 4.79 Å². The van der Waals surface area contributed by atoms with Crippen LogP contribution in [0.3, 0.4) is 0 Å². The van der Waals surface area contributed by atoms with E-state index in [-0.39, 0.29) is 11.4 Å². The number of nitrogens with zero attached hydrogens (tertiary/aromatic N) is 1. The van der Waals surface area contributed by atoms with Crippen molar-refractivity contribution in [2.45, 2.75) is 75.5 Å². The minimum atomic E-state index is 0.0922. The van der Waals surface area contributed by atoms with Crippen LogP contribution in [0.1, 0.15) is 57.8 Å². The van der Waals surface area contributed by atoms with Gasteiger partial charge in [-0.05, 0) is 44.4 Å². The first kappa shape index (κ1) is 16.8. The molecule has 5 nitrogen and oxygen atoms in total. The molecule has 2 saturated carbocycles. The molecule has 2 aliphatic heterocycles. The van der Waals surface area contributed by atoms with E-state index in [1.54, 1.807) is 0 Å². The molecule has 2 atom stereocenters. The molecular formula is C19H32N2O3. The fraction of sp³-hybridized carbons (Fsp3) is 0.947. The number of rotatable bonds is 5. The summed E-state index contributed by atoms with van der Waals surface area (Å²) >= 11 is 0. The van der Waals surface area contributed by atoms with Gasteiger partial charge in [0.1, 0.15) is 0 Å². The summed E-state index contributed by atoms with van der Waals surface area (Å²) in [6.07, 6.45) is 10.5. The van der Waals surface area contributed by atoms with Crippen LogP contribution in [0, 0.1) is 5.92 Å². The van der Waals surface area contributed by atoms with Crippen LogP contribution in [-0.2, 0) is 14.3 Å². The van der Waals surface area contributed by atoms with Gasteiger partial charge in [-0.3, -0.25) is 9.69 Å². The van der Waals surface area contributed by atoms with Gasteiger partial charge >= 0.3 is 0 Å². The monoisotopic (exact) mass is 336 g/mol.